The predicted octanol–water partition coefficient (Wildman–Crippen LogP) is 7.45. The zero-order chi connectivity index (χ0) is 35.7. The topological polar surface area (TPSA) is 129 Å². The molecule has 2 amide bonds. The summed E-state index contributed by atoms with van der Waals surface area (Å²) in [5.41, 5.74) is 3.52. The Morgan fingerprint density at radius 2 is 1.62 bits per heavy atom. The highest BCUT2D eigenvalue weighted by atomic mass is 32.2. The number of alkyl halides is 3. The number of piperidine rings is 1. The Morgan fingerprint density at radius 3 is 2.38 bits per heavy atom. The summed E-state index contributed by atoms with van der Waals surface area (Å²) in [6.45, 7) is 1.67. The zero-order valence-electron chi connectivity index (χ0n) is 27.1. The Bertz CT molecular complexity index is 1930. The number of halogens is 3. The van der Waals surface area contributed by atoms with E-state index in [0.29, 0.717) is 46.0 Å². The van der Waals surface area contributed by atoms with E-state index < -0.39 is 27.8 Å². The molecule has 0 bridgehead atoms. The molecule has 1 fully saturated rings. The van der Waals surface area contributed by atoms with Crippen molar-refractivity contribution in [2.24, 2.45) is 0 Å². The molecule has 3 N–H and O–H groups in total. The molecule has 0 saturated carbocycles. The van der Waals surface area contributed by atoms with Gasteiger partial charge in [0.1, 0.15) is 0 Å². The molecular formula is C36H37F3N4O5S2. The van der Waals surface area contributed by atoms with Crippen LogP contribution in [0.25, 0.3) is 11.3 Å². The second-order valence-corrected chi connectivity index (χ2v) is 14.6. The van der Waals surface area contributed by atoms with Gasteiger partial charge in [-0.1, -0.05) is 24.3 Å². The van der Waals surface area contributed by atoms with Crippen LogP contribution >= 0.6 is 11.8 Å². The third-order valence-corrected chi connectivity index (χ3v) is 10.0. The normalized spacial score (nSPS) is 13.6. The number of carbonyl (C=O) groups excluding carboxylic acids is 2. The molecule has 3 aromatic carbocycles. The van der Waals surface area contributed by atoms with E-state index in [1.165, 1.54) is 36.2 Å². The smallest absolute Gasteiger partial charge is 0.372 e. The molecule has 50 heavy (non-hydrogen) atoms. The van der Waals surface area contributed by atoms with Crippen LogP contribution in [-0.2, 0) is 28.6 Å². The maximum atomic E-state index is 13.5. The summed E-state index contributed by atoms with van der Waals surface area (Å²) in [5, 5.41) is 5.68. The Hall–Kier alpha value is -4.40. The minimum absolute atomic E-state index is 0.103. The Balaban J connectivity index is 1.34. The largest absolute Gasteiger partial charge is 0.416 e. The first-order chi connectivity index (χ1) is 23.9. The Kier molecular flexibility index (Phi) is 12.2. The van der Waals surface area contributed by atoms with Gasteiger partial charge in [-0.15, -0.1) is 0 Å². The highest BCUT2D eigenvalue weighted by Crippen LogP contribution is 2.34. The lowest BCUT2D eigenvalue weighted by Crippen LogP contribution is -2.29. The van der Waals surface area contributed by atoms with Crippen LogP contribution in [0.4, 0.5) is 24.5 Å². The second-order valence-electron chi connectivity index (χ2n) is 11.9. The summed E-state index contributed by atoms with van der Waals surface area (Å²) in [5.74, 6) is -0.0711. The zero-order valence-corrected chi connectivity index (χ0v) is 28.7. The first-order valence-electron chi connectivity index (χ1n) is 16.1. The van der Waals surface area contributed by atoms with Gasteiger partial charge < -0.3 is 15.5 Å². The van der Waals surface area contributed by atoms with Crippen LogP contribution in [0.3, 0.4) is 0 Å². The van der Waals surface area contributed by atoms with E-state index in [1.54, 1.807) is 24.3 Å². The minimum Gasteiger partial charge on any atom is -0.372 e. The fourth-order valence-corrected chi connectivity index (χ4v) is 7.19. The van der Waals surface area contributed by atoms with Crippen LogP contribution in [0.2, 0.25) is 0 Å². The maximum absolute atomic E-state index is 13.5. The summed E-state index contributed by atoms with van der Waals surface area (Å²) < 4.78 is 70.3. The van der Waals surface area contributed by atoms with E-state index in [2.05, 4.69) is 20.5 Å². The number of aromatic nitrogens is 1. The van der Waals surface area contributed by atoms with Crippen molar-refractivity contribution in [3.05, 3.63) is 113 Å². The van der Waals surface area contributed by atoms with Gasteiger partial charge in [-0.2, -0.15) is 33.4 Å². The number of nitrogens with zero attached hydrogens (tertiary/aromatic N) is 2. The minimum atomic E-state index is -4.49. The number of rotatable bonds is 13. The number of thioether (sulfide) groups is 1. The maximum Gasteiger partial charge on any atom is 0.416 e. The van der Waals surface area contributed by atoms with Gasteiger partial charge in [0.25, 0.3) is 21.9 Å². The van der Waals surface area contributed by atoms with Gasteiger partial charge in [0.05, 0.1) is 22.7 Å². The molecular weight excluding hydrogens is 690 g/mol. The summed E-state index contributed by atoms with van der Waals surface area (Å²) in [6, 6.07) is 20.7. The molecule has 5 rings (SSSR count). The quantitative estimate of drug-likeness (QED) is 0.0958. The van der Waals surface area contributed by atoms with Crippen LogP contribution in [0.5, 0.6) is 0 Å². The number of benzene rings is 3. The SMILES string of the molecule is O=C(NCc1cccc(C(F)(F)F)c1)c1ccnc(-c2cc(N3CCCCC3)ccc2NC(=O)c2cccc(CSCCCS(=O)(=O)O)c2)c1. The molecule has 264 valence electrons. The van der Waals surface area contributed by atoms with Crippen molar-refractivity contribution in [1.82, 2.24) is 10.3 Å². The van der Waals surface area contributed by atoms with Crippen molar-refractivity contribution in [3.8, 4) is 11.3 Å². The third kappa shape index (κ3) is 10.6. The highest BCUT2D eigenvalue weighted by molar-refractivity contribution is 7.98. The predicted molar refractivity (Wildman–Crippen MR) is 190 cm³/mol. The molecule has 0 spiro atoms. The van der Waals surface area contributed by atoms with Crippen LogP contribution in [0.1, 0.15) is 63.1 Å². The lowest BCUT2D eigenvalue weighted by molar-refractivity contribution is -0.137. The summed E-state index contributed by atoms with van der Waals surface area (Å²) in [6.07, 6.45) is 0.565. The van der Waals surface area contributed by atoms with Gasteiger partial charge in [0, 0.05) is 54.0 Å². The fraction of sp³-hybridized carbons (Fsp3) is 0.306. The van der Waals surface area contributed by atoms with Crippen LogP contribution < -0.4 is 15.5 Å². The van der Waals surface area contributed by atoms with Gasteiger partial charge in [0.2, 0.25) is 0 Å². The summed E-state index contributed by atoms with van der Waals surface area (Å²) in [4.78, 5) is 33.5. The molecule has 14 heteroatoms. The lowest BCUT2D eigenvalue weighted by atomic mass is 10.0. The van der Waals surface area contributed by atoms with Crippen molar-refractivity contribution in [2.75, 3.05) is 34.8 Å². The Morgan fingerprint density at radius 1 is 0.880 bits per heavy atom. The molecule has 1 saturated heterocycles. The second kappa shape index (κ2) is 16.5. The summed E-state index contributed by atoms with van der Waals surface area (Å²) in [7, 11) is -4.00. The standard InChI is InChI=1S/C36H37F3N4O5S2/c37-36(38,39)29-10-5-7-25(20-29)23-41-34(44)28-13-14-40-33(21-28)31-22-30(43-15-2-1-3-16-43)11-12-32(31)42-35(45)27-9-4-8-26(19-27)24-49-17-6-18-50(46,47)48/h4-5,7-14,19-22H,1-3,6,15-18,23-24H2,(H,41,44)(H,42,45)(H,46,47,48). The molecule has 0 radical (unpaired) electrons. The van der Waals surface area contributed by atoms with Gasteiger partial charge in [-0.3, -0.25) is 19.1 Å². The summed E-state index contributed by atoms with van der Waals surface area (Å²) >= 11 is 1.50. The molecule has 4 aromatic rings. The van der Waals surface area contributed by atoms with E-state index in [4.69, 9.17) is 4.55 Å². The van der Waals surface area contributed by atoms with Crippen LogP contribution in [0, 0.1) is 0 Å². The number of carbonyl (C=O) groups is 2. The monoisotopic (exact) mass is 726 g/mol. The molecule has 1 aliphatic heterocycles. The van der Waals surface area contributed by atoms with Crippen molar-refractivity contribution in [3.63, 3.8) is 0 Å². The molecule has 0 unspecified atom stereocenters. The van der Waals surface area contributed by atoms with E-state index in [0.717, 1.165) is 55.7 Å². The van der Waals surface area contributed by atoms with Crippen molar-refractivity contribution >= 4 is 45.1 Å². The van der Waals surface area contributed by atoms with Crippen molar-refractivity contribution < 1.29 is 35.7 Å². The Labute approximate surface area is 293 Å². The fourth-order valence-electron chi connectivity index (χ4n) is 5.59. The number of hydrogen-bond acceptors (Lipinski definition) is 7. The van der Waals surface area contributed by atoms with E-state index >= 15 is 0 Å². The molecule has 9 nitrogen and oxygen atoms in total. The average Bonchev–Trinajstić information content (AvgIpc) is 3.10. The van der Waals surface area contributed by atoms with Crippen molar-refractivity contribution in [1.29, 1.82) is 0 Å². The number of nitrogens with one attached hydrogen (secondary N) is 2. The average molecular weight is 727 g/mol. The van der Waals surface area contributed by atoms with Crippen molar-refractivity contribution in [2.45, 2.75) is 44.2 Å². The molecule has 1 aliphatic rings. The van der Waals surface area contributed by atoms with Gasteiger partial charge in [0.15, 0.2) is 0 Å². The number of anilines is 2. The van der Waals surface area contributed by atoms with Gasteiger partial charge in [-0.05, 0) is 97.2 Å². The first kappa shape index (κ1) is 36.9. The van der Waals surface area contributed by atoms with E-state index in [-0.39, 0.29) is 23.8 Å². The number of hydrogen-bond donors (Lipinski definition) is 3. The third-order valence-electron chi connectivity index (χ3n) is 8.13. The lowest BCUT2D eigenvalue weighted by Gasteiger charge is -2.29. The highest BCUT2D eigenvalue weighted by Gasteiger charge is 2.30. The molecule has 0 atom stereocenters. The number of pyridine rings is 1. The van der Waals surface area contributed by atoms with Gasteiger partial charge in [-0.25, -0.2) is 0 Å². The van der Waals surface area contributed by atoms with Gasteiger partial charge >= 0.3 is 6.18 Å². The first-order valence-corrected chi connectivity index (χ1v) is 18.8. The van der Waals surface area contributed by atoms with Crippen LogP contribution in [-0.4, -0.2) is 54.4 Å². The van der Waals surface area contributed by atoms with E-state index in [1.807, 2.05) is 24.3 Å². The molecule has 2 heterocycles. The molecule has 0 aliphatic carbocycles. The number of amides is 2. The van der Waals surface area contributed by atoms with Crippen LogP contribution in [0.15, 0.2) is 85.1 Å². The molecule has 1 aromatic heterocycles. The van der Waals surface area contributed by atoms with E-state index in [9.17, 15) is 31.2 Å².